The fourth-order valence-electron chi connectivity index (χ4n) is 4.80. The molecule has 0 atom stereocenters. The molecule has 1 aliphatic heterocycles. The molecule has 0 aromatic heterocycles. The first-order chi connectivity index (χ1) is 16.9. The molecule has 184 valence electrons. The number of hydrogen-bond acceptors (Lipinski definition) is 5. The fraction of sp³-hybridized carbons (Fsp3) is 0.370. The number of fused-ring (bicyclic) bond motifs is 3. The number of carbonyl (C=O) groups is 3. The first-order valence-corrected chi connectivity index (χ1v) is 11.9. The normalized spacial score (nSPS) is 16.3. The van der Waals surface area contributed by atoms with Gasteiger partial charge in [0.1, 0.15) is 6.61 Å². The maximum atomic E-state index is 12.8. The Labute approximate surface area is 205 Å². The zero-order valence-corrected chi connectivity index (χ0v) is 19.9. The van der Waals surface area contributed by atoms with Crippen LogP contribution in [0.1, 0.15) is 30.4 Å². The highest BCUT2D eigenvalue weighted by Gasteiger charge is 2.29. The van der Waals surface area contributed by atoms with Crippen LogP contribution in [0.5, 0.6) is 0 Å². The van der Waals surface area contributed by atoms with E-state index >= 15 is 0 Å². The average Bonchev–Trinajstić information content (AvgIpc) is 2.98. The van der Waals surface area contributed by atoms with E-state index in [-0.39, 0.29) is 31.5 Å². The quantitative estimate of drug-likeness (QED) is 0.595. The Bertz CT molecular complexity index is 1080. The molecule has 0 spiro atoms. The van der Waals surface area contributed by atoms with E-state index in [9.17, 15) is 14.4 Å². The summed E-state index contributed by atoms with van der Waals surface area (Å²) in [6.07, 6.45) is 1.89. The number of benzene rings is 2. The molecule has 2 amide bonds. The molecule has 2 aromatic rings. The van der Waals surface area contributed by atoms with E-state index < -0.39 is 12.1 Å². The molecule has 2 aliphatic rings. The highest BCUT2D eigenvalue weighted by atomic mass is 16.5. The van der Waals surface area contributed by atoms with Gasteiger partial charge in [0.05, 0.1) is 6.54 Å². The third-order valence-corrected chi connectivity index (χ3v) is 6.57. The molecule has 0 radical (unpaired) electrons. The van der Waals surface area contributed by atoms with Gasteiger partial charge in [-0.05, 0) is 35.6 Å². The number of rotatable bonds is 7. The van der Waals surface area contributed by atoms with Crippen LogP contribution in [0.2, 0.25) is 0 Å². The van der Waals surface area contributed by atoms with E-state index in [2.05, 4.69) is 29.6 Å². The van der Waals surface area contributed by atoms with Crippen molar-refractivity contribution in [2.24, 2.45) is 0 Å². The highest BCUT2D eigenvalue weighted by molar-refractivity contribution is 5.93. The predicted molar refractivity (Wildman–Crippen MR) is 132 cm³/mol. The van der Waals surface area contributed by atoms with E-state index in [4.69, 9.17) is 9.84 Å². The van der Waals surface area contributed by atoms with Gasteiger partial charge in [-0.1, -0.05) is 54.6 Å². The van der Waals surface area contributed by atoms with Gasteiger partial charge in [-0.25, -0.2) is 4.79 Å². The van der Waals surface area contributed by atoms with Gasteiger partial charge in [-0.15, -0.1) is 0 Å². The van der Waals surface area contributed by atoms with Crippen LogP contribution in [0.15, 0.2) is 60.2 Å². The molecule has 1 fully saturated rings. The molecule has 4 rings (SSSR count). The lowest BCUT2D eigenvalue weighted by Gasteiger charge is -2.21. The SMILES string of the molecule is C/C(=C\CNC(=O)OCC1c2ccccc2-c2ccccc21)C(=O)N1CCCN(CC(=O)O)CC1. The van der Waals surface area contributed by atoms with Crippen LogP contribution in [-0.4, -0.2) is 78.8 Å². The maximum Gasteiger partial charge on any atom is 0.407 e. The Morgan fingerprint density at radius 1 is 1.00 bits per heavy atom. The summed E-state index contributed by atoms with van der Waals surface area (Å²) >= 11 is 0. The first-order valence-electron chi connectivity index (χ1n) is 11.9. The van der Waals surface area contributed by atoms with Crippen LogP contribution in [0.25, 0.3) is 11.1 Å². The summed E-state index contributed by atoms with van der Waals surface area (Å²) in [5.74, 6) is -0.965. The van der Waals surface area contributed by atoms with Crippen molar-refractivity contribution in [3.05, 3.63) is 71.3 Å². The molecule has 35 heavy (non-hydrogen) atoms. The van der Waals surface area contributed by atoms with Crippen LogP contribution in [0, 0.1) is 0 Å². The third-order valence-electron chi connectivity index (χ3n) is 6.57. The van der Waals surface area contributed by atoms with Gasteiger partial charge in [-0.2, -0.15) is 0 Å². The molecule has 1 heterocycles. The Morgan fingerprint density at radius 2 is 1.66 bits per heavy atom. The van der Waals surface area contributed by atoms with Crippen LogP contribution in [0.4, 0.5) is 4.79 Å². The van der Waals surface area contributed by atoms with E-state index in [0.717, 1.165) is 17.5 Å². The molecule has 0 saturated carbocycles. The lowest BCUT2D eigenvalue weighted by molar-refractivity contribution is -0.138. The van der Waals surface area contributed by atoms with Gasteiger partial charge < -0.3 is 20.1 Å². The standard InChI is InChI=1S/C27H31N3O5/c1-19(26(33)30-14-6-13-29(15-16-30)17-25(31)32)11-12-28-27(34)35-18-24-22-9-4-2-7-20(22)21-8-3-5-10-23(21)24/h2-5,7-11,24H,6,12-18H2,1H3,(H,28,34)(H,31,32)/b19-11+. The summed E-state index contributed by atoms with van der Waals surface area (Å²) < 4.78 is 5.53. The summed E-state index contributed by atoms with van der Waals surface area (Å²) in [5, 5.41) is 11.7. The van der Waals surface area contributed by atoms with E-state index in [1.54, 1.807) is 17.9 Å². The molecule has 8 nitrogen and oxygen atoms in total. The average molecular weight is 478 g/mol. The van der Waals surface area contributed by atoms with Crippen LogP contribution in [0.3, 0.4) is 0 Å². The molecule has 1 saturated heterocycles. The van der Waals surface area contributed by atoms with Crippen LogP contribution >= 0.6 is 0 Å². The van der Waals surface area contributed by atoms with Crippen molar-refractivity contribution < 1.29 is 24.2 Å². The summed E-state index contributed by atoms with van der Waals surface area (Å²) in [5.41, 5.74) is 5.20. The minimum atomic E-state index is -0.861. The lowest BCUT2D eigenvalue weighted by atomic mass is 9.98. The molecule has 8 heteroatoms. The Kier molecular flexibility index (Phi) is 7.82. The van der Waals surface area contributed by atoms with Crippen molar-refractivity contribution in [1.29, 1.82) is 0 Å². The molecule has 0 unspecified atom stereocenters. The number of hydrogen-bond donors (Lipinski definition) is 2. The second kappa shape index (κ2) is 11.2. The van der Waals surface area contributed by atoms with Crippen molar-refractivity contribution >= 4 is 18.0 Å². The Hall–Kier alpha value is -3.65. The van der Waals surface area contributed by atoms with Crippen molar-refractivity contribution in [2.45, 2.75) is 19.3 Å². The van der Waals surface area contributed by atoms with E-state index in [0.29, 0.717) is 31.8 Å². The number of carboxylic acid groups (broad SMARTS) is 1. The Morgan fingerprint density at radius 3 is 2.31 bits per heavy atom. The van der Waals surface area contributed by atoms with Crippen LogP contribution < -0.4 is 5.32 Å². The molecule has 1 aliphatic carbocycles. The summed E-state index contributed by atoms with van der Waals surface area (Å²) in [7, 11) is 0. The van der Waals surface area contributed by atoms with E-state index in [1.165, 1.54) is 11.1 Å². The number of carbonyl (C=O) groups excluding carboxylic acids is 2. The second-order valence-corrected chi connectivity index (χ2v) is 8.91. The smallest absolute Gasteiger partial charge is 0.407 e. The van der Waals surface area contributed by atoms with Gasteiger partial charge in [0.25, 0.3) is 0 Å². The first kappa shape index (κ1) is 24.5. The van der Waals surface area contributed by atoms with Crippen molar-refractivity contribution in [1.82, 2.24) is 15.1 Å². The number of nitrogens with zero attached hydrogens (tertiary/aromatic N) is 2. The monoisotopic (exact) mass is 477 g/mol. The highest BCUT2D eigenvalue weighted by Crippen LogP contribution is 2.44. The number of alkyl carbamates (subject to hydrolysis) is 1. The zero-order valence-electron chi connectivity index (χ0n) is 19.9. The van der Waals surface area contributed by atoms with Crippen molar-refractivity contribution in [3.63, 3.8) is 0 Å². The third kappa shape index (κ3) is 5.89. The minimum Gasteiger partial charge on any atom is -0.480 e. The Balaban J connectivity index is 1.26. The number of ether oxygens (including phenoxy) is 1. The maximum absolute atomic E-state index is 12.8. The zero-order chi connectivity index (χ0) is 24.8. The molecule has 2 N–H and O–H groups in total. The second-order valence-electron chi connectivity index (χ2n) is 8.91. The number of nitrogens with one attached hydrogen (secondary N) is 1. The van der Waals surface area contributed by atoms with Crippen LogP contribution in [-0.2, 0) is 14.3 Å². The van der Waals surface area contributed by atoms with E-state index in [1.807, 2.05) is 29.2 Å². The van der Waals surface area contributed by atoms with Gasteiger partial charge in [0.2, 0.25) is 5.91 Å². The lowest BCUT2D eigenvalue weighted by Crippen LogP contribution is -2.37. The molecule has 0 bridgehead atoms. The fourth-order valence-corrected chi connectivity index (χ4v) is 4.80. The van der Waals surface area contributed by atoms with Crippen molar-refractivity contribution in [2.75, 3.05) is 45.9 Å². The number of carboxylic acids is 1. The predicted octanol–water partition coefficient (Wildman–Crippen LogP) is 3.09. The van der Waals surface area contributed by atoms with Gasteiger partial charge in [0, 0.05) is 44.2 Å². The summed E-state index contributed by atoms with van der Waals surface area (Å²) in [4.78, 5) is 39.6. The molecule has 2 aromatic carbocycles. The van der Waals surface area contributed by atoms with Crippen molar-refractivity contribution in [3.8, 4) is 11.1 Å². The molecular weight excluding hydrogens is 446 g/mol. The topological polar surface area (TPSA) is 99.2 Å². The summed E-state index contributed by atoms with van der Waals surface area (Å²) in [6.45, 7) is 4.39. The molecular formula is C27H31N3O5. The minimum absolute atomic E-state index is 0.00395. The van der Waals surface area contributed by atoms with Gasteiger partial charge in [-0.3, -0.25) is 14.5 Å². The van der Waals surface area contributed by atoms with Gasteiger partial charge in [0.15, 0.2) is 0 Å². The largest absolute Gasteiger partial charge is 0.480 e. The summed E-state index contributed by atoms with van der Waals surface area (Å²) in [6, 6.07) is 16.3. The number of aliphatic carboxylic acids is 1. The number of amides is 2. The van der Waals surface area contributed by atoms with Gasteiger partial charge >= 0.3 is 12.1 Å².